The van der Waals surface area contributed by atoms with Crippen molar-refractivity contribution in [2.45, 2.75) is 29.9 Å². The second kappa shape index (κ2) is 6.67. The highest BCUT2D eigenvalue weighted by molar-refractivity contribution is 7.90. The molecule has 0 aliphatic carbocycles. The summed E-state index contributed by atoms with van der Waals surface area (Å²) in [4.78, 5) is 0.266. The molecular weight excluding hydrogens is 278 g/mol. The topological polar surface area (TPSA) is 75.6 Å². The summed E-state index contributed by atoms with van der Waals surface area (Å²) in [6, 6.07) is 6.64. The van der Waals surface area contributed by atoms with Crippen molar-refractivity contribution in [1.82, 2.24) is 5.32 Å². The molecule has 0 spiro atoms. The third kappa shape index (κ3) is 4.28. The van der Waals surface area contributed by atoms with E-state index in [-0.39, 0.29) is 10.9 Å². The van der Waals surface area contributed by atoms with E-state index in [4.69, 9.17) is 4.74 Å². The molecule has 6 heteroatoms. The molecule has 2 N–H and O–H groups in total. The standard InChI is InChI=1S/C14H21NO4S/c1-20(17,18)13-6-4-11(5-7-13)14(16)9-15-12-3-2-8-19-10-12/h4-7,12,14-16H,2-3,8-10H2,1H3. The Hall–Kier alpha value is -0.950. The van der Waals surface area contributed by atoms with Gasteiger partial charge in [0.1, 0.15) is 0 Å². The first-order valence-electron chi connectivity index (χ1n) is 6.76. The van der Waals surface area contributed by atoms with Gasteiger partial charge in [0.15, 0.2) is 9.84 Å². The first-order chi connectivity index (χ1) is 9.47. The molecule has 1 heterocycles. The lowest BCUT2D eigenvalue weighted by Crippen LogP contribution is -2.38. The molecule has 2 rings (SSSR count). The summed E-state index contributed by atoms with van der Waals surface area (Å²) in [6.45, 7) is 1.93. The van der Waals surface area contributed by atoms with Crippen LogP contribution >= 0.6 is 0 Å². The Labute approximate surface area is 119 Å². The molecule has 1 aromatic rings. The van der Waals surface area contributed by atoms with Crippen molar-refractivity contribution in [2.75, 3.05) is 26.0 Å². The van der Waals surface area contributed by atoms with Gasteiger partial charge in [0.05, 0.1) is 17.6 Å². The summed E-state index contributed by atoms with van der Waals surface area (Å²) in [5.41, 5.74) is 0.710. The van der Waals surface area contributed by atoms with E-state index in [1.165, 1.54) is 18.4 Å². The van der Waals surface area contributed by atoms with Gasteiger partial charge in [-0.3, -0.25) is 0 Å². The number of ether oxygens (including phenoxy) is 1. The molecule has 112 valence electrons. The summed E-state index contributed by atoms with van der Waals surface area (Å²) in [5, 5.41) is 13.4. The van der Waals surface area contributed by atoms with Crippen LogP contribution in [-0.4, -0.2) is 45.6 Å². The number of sulfone groups is 1. The number of hydrogen-bond donors (Lipinski definition) is 2. The Morgan fingerprint density at radius 2 is 2.10 bits per heavy atom. The highest BCUT2D eigenvalue weighted by Crippen LogP contribution is 2.16. The first kappa shape index (κ1) is 15.4. The van der Waals surface area contributed by atoms with E-state index in [2.05, 4.69) is 5.32 Å². The van der Waals surface area contributed by atoms with Crippen LogP contribution in [0, 0.1) is 0 Å². The molecule has 0 aromatic heterocycles. The maximum Gasteiger partial charge on any atom is 0.175 e. The lowest BCUT2D eigenvalue weighted by atomic mass is 10.1. The molecule has 1 saturated heterocycles. The van der Waals surface area contributed by atoms with Gasteiger partial charge in [-0.2, -0.15) is 0 Å². The molecule has 0 saturated carbocycles. The second-order valence-corrected chi connectivity index (χ2v) is 7.20. The highest BCUT2D eigenvalue weighted by atomic mass is 32.2. The predicted molar refractivity (Wildman–Crippen MR) is 76.4 cm³/mol. The van der Waals surface area contributed by atoms with Crippen LogP contribution in [0.2, 0.25) is 0 Å². The molecule has 0 radical (unpaired) electrons. The van der Waals surface area contributed by atoms with Crippen molar-refractivity contribution in [3.05, 3.63) is 29.8 Å². The van der Waals surface area contributed by atoms with E-state index in [1.54, 1.807) is 12.1 Å². The van der Waals surface area contributed by atoms with Crippen molar-refractivity contribution < 1.29 is 18.3 Å². The molecule has 0 amide bonds. The normalized spacial score (nSPS) is 21.6. The number of benzene rings is 1. The molecule has 1 aliphatic heterocycles. The quantitative estimate of drug-likeness (QED) is 0.844. The Morgan fingerprint density at radius 1 is 1.40 bits per heavy atom. The molecule has 2 atom stereocenters. The monoisotopic (exact) mass is 299 g/mol. The van der Waals surface area contributed by atoms with Crippen LogP contribution in [0.1, 0.15) is 24.5 Å². The minimum atomic E-state index is -3.19. The minimum Gasteiger partial charge on any atom is -0.387 e. The van der Waals surface area contributed by atoms with Gasteiger partial charge in [-0.05, 0) is 30.5 Å². The van der Waals surface area contributed by atoms with E-state index in [0.29, 0.717) is 18.7 Å². The zero-order valence-corrected chi connectivity index (χ0v) is 12.4. The maximum atomic E-state index is 11.4. The minimum absolute atomic E-state index is 0.266. The van der Waals surface area contributed by atoms with E-state index in [9.17, 15) is 13.5 Å². The van der Waals surface area contributed by atoms with Crippen molar-refractivity contribution in [1.29, 1.82) is 0 Å². The van der Waals surface area contributed by atoms with Gasteiger partial charge in [0.25, 0.3) is 0 Å². The van der Waals surface area contributed by atoms with Gasteiger partial charge < -0.3 is 15.2 Å². The Bertz CT molecular complexity index is 521. The first-order valence-corrected chi connectivity index (χ1v) is 8.65. The summed E-state index contributed by atoms with van der Waals surface area (Å²) in [7, 11) is -3.19. The van der Waals surface area contributed by atoms with Gasteiger partial charge in [-0.15, -0.1) is 0 Å². The summed E-state index contributed by atoms with van der Waals surface area (Å²) < 4.78 is 28.1. The number of nitrogens with one attached hydrogen (secondary N) is 1. The molecule has 2 unspecified atom stereocenters. The van der Waals surface area contributed by atoms with E-state index < -0.39 is 15.9 Å². The average molecular weight is 299 g/mol. The summed E-state index contributed by atoms with van der Waals surface area (Å²) in [6.07, 6.45) is 2.62. The van der Waals surface area contributed by atoms with E-state index in [1.807, 2.05) is 0 Å². The van der Waals surface area contributed by atoms with Crippen molar-refractivity contribution in [3.8, 4) is 0 Å². The second-order valence-electron chi connectivity index (χ2n) is 5.18. The van der Waals surface area contributed by atoms with Gasteiger partial charge >= 0.3 is 0 Å². The van der Waals surface area contributed by atoms with Gasteiger partial charge in [0.2, 0.25) is 0 Å². The van der Waals surface area contributed by atoms with Crippen molar-refractivity contribution >= 4 is 9.84 Å². The fourth-order valence-corrected chi connectivity index (χ4v) is 2.87. The summed E-state index contributed by atoms with van der Waals surface area (Å²) >= 11 is 0. The van der Waals surface area contributed by atoms with Crippen LogP contribution in [0.4, 0.5) is 0 Å². The SMILES string of the molecule is CS(=O)(=O)c1ccc(C(O)CNC2CCCOC2)cc1. The smallest absolute Gasteiger partial charge is 0.175 e. The fraction of sp³-hybridized carbons (Fsp3) is 0.571. The zero-order chi connectivity index (χ0) is 14.6. The lowest BCUT2D eigenvalue weighted by molar-refractivity contribution is 0.0639. The maximum absolute atomic E-state index is 11.4. The van der Waals surface area contributed by atoms with E-state index in [0.717, 1.165) is 19.4 Å². The number of hydrogen-bond acceptors (Lipinski definition) is 5. The predicted octanol–water partition coefficient (Wildman–Crippen LogP) is 0.892. The molecular formula is C14H21NO4S. The van der Waals surface area contributed by atoms with Crippen LogP contribution < -0.4 is 5.32 Å². The molecule has 5 nitrogen and oxygen atoms in total. The lowest BCUT2D eigenvalue weighted by Gasteiger charge is -2.24. The summed E-state index contributed by atoms with van der Waals surface area (Å²) in [5.74, 6) is 0. The molecule has 1 fully saturated rings. The van der Waals surface area contributed by atoms with Crippen LogP contribution in [0.3, 0.4) is 0 Å². The van der Waals surface area contributed by atoms with Crippen LogP contribution in [0.25, 0.3) is 0 Å². The molecule has 1 aromatic carbocycles. The van der Waals surface area contributed by atoms with Crippen LogP contribution in [-0.2, 0) is 14.6 Å². The number of aliphatic hydroxyl groups excluding tert-OH is 1. The average Bonchev–Trinajstić information content (AvgIpc) is 2.45. The molecule has 1 aliphatic rings. The third-order valence-electron chi connectivity index (χ3n) is 3.45. The number of aliphatic hydroxyl groups is 1. The van der Waals surface area contributed by atoms with Gasteiger partial charge in [-0.1, -0.05) is 12.1 Å². The third-order valence-corrected chi connectivity index (χ3v) is 4.58. The highest BCUT2D eigenvalue weighted by Gasteiger charge is 2.16. The van der Waals surface area contributed by atoms with Gasteiger partial charge in [-0.25, -0.2) is 8.42 Å². The molecule has 20 heavy (non-hydrogen) atoms. The number of rotatable bonds is 5. The van der Waals surface area contributed by atoms with Gasteiger partial charge in [0, 0.05) is 25.4 Å². The van der Waals surface area contributed by atoms with Crippen LogP contribution in [0.5, 0.6) is 0 Å². The van der Waals surface area contributed by atoms with Crippen molar-refractivity contribution in [3.63, 3.8) is 0 Å². The Kier molecular flexibility index (Phi) is 5.15. The van der Waals surface area contributed by atoms with E-state index >= 15 is 0 Å². The van der Waals surface area contributed by atoms with Crippen molar-refractivity contribution in [2.24, 2.45) is 0 Å². The zero-order valence-electron chi connectivity index (χ0n) is 11.6. The Morgan fingerprint density at radius 3 is 2.65 bits per heavy atom. The Balaban J connectivity index is 1.90. The molecule has 0 bridgehead atoms. The fourth-order valence-electron chi connectivity index (χ4n) is 2.24. The van der Waals surface area contributed by atoms with Crippen LogP contribution in [0.15, 0.2) is 29.2 Å². The largest absolute Gasteiger partial charge is 0.387 e.